The maximum absolute atomic E-state index is 9.63. The van der Waals surface area contributed by atoms with Crippen LogP contribution in [0.5, 0.6) is 5.75 Å². The Bertz CT molecular complexity index is 844. The lowest BCUT2D eigenvalue weighted by Crippen LogP contribution is -2.32. The highest BCUT2D eigenvalue weighted by Gasteiger charge is 2.17. The lowest BCUT2D eigenvalue weighted by molar-refractivity contribution is 0.475. The molecular weight excluding hydrogens is 346 g/mol. The summed E-state index contributed by atoms with van der Waals surface area (Å²) in [4.78, 5) is 4.69. The lowest BCUT2D eigenvalue weighted by atomic mass is 10.0. The van der Waals surface area contributed by atoms with Gasteiger partial charge < -0.3 is 9.67 Å². The standard InChI is InChI=1S/C19H21N5OS/c25-16-8-6-15(7-9-16)19-18(14-4-2-1-3-5-14)20-13-24(19)10-11-26-17-12-21-23-22-17/h1-9,13,17,21-23,25H,10-12H2. The van der Waals surface area contributed by atoms with Gasteiger partial charge in [-0.2, -0.15) is 5.53 Å². The maximum atomic E-state index is 9.63. The highest BCUT2D eigenvalue weighted by atomic mass is 32.2. The molecule has 0 aliphatic carbocycles. The van der Waals surface area contributed by atoms with Crippen LogP contribution in [-0.2, 0) is 6.54 Å². The van der Waals surface area contributed by atoms with E-state index in [1.165, 1.54) is 0 Å². The second kappa shape index (κ2) is 7.92. The third kappa shape index (κ3) is 3.76. The summed E-state index contributed by atoms with van der Waals surface area (Å²) in [7, 11) is 0. The molecule has 0 saturated carbocycles. The van der Waals surface area contributed by atoms with Crippen LogP contribution in [0.15, 0.2) is 60.9 Å². The number of hydrogen-bond acceptors (Lipinski definition) is 6. The van der Waals surface area contributed by atoms with Crippen LogP contribution in [0.1, 0.15) is 0 Å². The predicted octanol–water partition coefficient (Wildman–Crippen LogP) is 2.59. The first-order chi connectivity index (χ1) is 12.8. The SMILES string of the molecule is Oc1ccc(-c2c(-c3ccccc3)ncn2CCSC2CNNN2)cc1. The first-order valence-corrected chi connectivity index (χ1v) is 9.61. The molecule has 1 fully saturated rings. The molecule has 4 N–H and O–H groups in total. The number of thioether (sulfide) groups is 1. The molecule has 6 nitrogen and oxygen atoms in total. The fraction of sp³-hybridized carbons (Fsp3) is 0.211. The number of hydrazine groups is 2. The van der Waals surface area contributed by atoms with E-state index in [2.05, 4.69) is 38.1 Å². The summed E-state index contributed by atoms with van der Waals surface area (Å²) >= 11 is 1.87. The van der Waals surface area contributed by atoms with E-state index in [1.54, 1.807) is 12.1 Å². The van der Waals surface area contributed by atoms with Gasteiger partial charge >= 0.3 is 0 Å². The van der Waals surface area contributed by atoms with Gasteiger partial charge in [0.2, 0.25) is 0 Å². The molecule has 1 aliphatic rings. The van der Waals surface area contributed by atoms with Crippen molar-refractivity contribution in [3.05, 3.63) is 60.9 Å². The topological polar surface area (TPSA) is 74.1 Å². The van der Waals surface area contributed by atoms with E-state index < -0.39 is 0 Å². The first-order valence-electron chi connectivity index (χ1n) is 8.56. The number of aryl methyl sites for hydroxylation is 1. The number of hydrogen-bond donors (Lipinski definition) is 4. The second-order valence-electron chi connectivity index (χ2n) is 6.06. The molecule has 26 heavy (non-hydrogen) atoms. The van der Waals surface area contributed by atoms with E-state index in [0.717, 1.165) is 41.4 Å². The van der Waals surface area contributed by atoms with Gasteiger partial charge in [0.15, 0.2) is 0 Å². The van der Waals surface area contributed by atoms with Crippen molar-refractivity contribution in [1.82, 2.24) is 25.9 Å². The number of rotatable bonds is 6. The molecule has 1 aliphatic heterocycles. The minimum Gasteiger partial charge on any atom is -0.508 e. The molecule has 1 unspecified atom stereocenters. The average molecular weight is 367 g/mol. The Morgan fingerprint density at radius 3 is 2.62 bits per heavy atom. The summed E-state index contributed by atoms with van der Waals surface area (Å²) in [5.41, 5.74) is 13.3. The number of aromatic nitrogens is 2. The molecule has 1 atom stereocenters. The minimum atomic E-state index is 0.268. The number of aromatic hydroxyl groups is 1. The number of phenols is 1. The van der Waals surface area contributed by atoms with Gasteiger partial charge in [0.25, 0.3) is 0 Å². The van der Waals surface area contributed by atoms with Crippen molar-refractivity contribution in [2.45, 2.75) is 11.9 Å². The molecule has 1 saturated heterocycles. The summed E-state index contributed by atoms with van der Waals surface area (Å²) < 4.78 is 2.19. The quantitative estimate of drug-likeness (QED) is 0.537. The van der Waals surface area contributed by atoms with Crippen LogP contribution in [0, 0.1) is 0 Å². The van der Waals surface area contributed by atoms with Crippen molar-refractivity contribution in [2.75, 3.05) is 12.3 Å². The molecule has 3 aromatic rings. The van der Waals surface area contributed by atoms with E-state index in [-0.39, 0.29) is 5.75 Å². The Balaban J connectivity index is 1.62. The van der Waals surface area contributed by atoms with Crippen LogP contribution in [0.25, 0.3) is 22.5 Å². The number of imidazole rings is 1. The van der Waals surface area contributed by atoms with Gasteiger partial charge in [-0.3, -0.25) is 0 Å². The Kier molecular flexibility index (Phi) is 5.21. The molecule has 0 bridgehead atoms. The molecule has 0 spiro atoms. The van der Waals surface area contributed by atoms with Crippen LogP contribution >= 0.6 is 11.8 Å². The Morgan fingerprint density at radius 2 is 1.88 bits per heavy atom. The predicted molar refractivity (Wildman–Crippen MR) is 105 cm³/mol. The van der Waals surface area contributed by atoms with Crippen LogP contribution in [0.3, 0.4) is 0 Å². The van der Waals surface area contributed by atoms with Gasteiger partial charge in [-0.15, -0.1) is 11.8 Å². The molecule has 4 rings (SSSR count). The number of nitrogens with one attached hydrogen (secondary N) is 3. The van der Waals surface area contributed by atoms with E-state index in [9.17, 15) is 5.11 Å². The summed E-state index contributed by atoms with van der Waals surface area (Å²) in [6.45, 7) is 1.76. The number of benzene rings is 2. The zero-order chi connectivity index (χ0) is 17.8. The van der Waals surface area contributed by atoms with Gasteiger partial charge in [0.05, 0.1) is 23.1 Å². The average Bonchev–Trinajstić information content (AvgIpc) is 3.33. The van der Waals surface area contributed by atoms with Crippen molar-refractivity contribution in [1.29, 1.82) is 0 Å². The Morgan fingerprint density at radius 1 is 1.08 bits per heavy atom. The third-order valence-electron chi connectivity index (χ3n) is 4.29. The van der Waals surface area contributed by atoms with Crippen LogP contribution < -0.4 is 16.4 Å². The normalized spacial score (nSPS) is 16.8. The van der Waals surface area contributed by atoms with Gasteiger partial charge in [-0.1, -0.05) is 30.3 Å². The van der Waals surface area contributed by atoms with Crippen LogP contribution in [0.4, 0.5) is 0 Å². The summed E-state index contributed by atoms with van der Waals surface area (Å²) in [5, 5.41) is 9.99. The van der Waals surface area contributed by atoms with Crippen LogP contribution in [-0.4, -0.2) is 32.3 Å². The molecule has 134 valence electrons. The number of nitrogens with zero attached hydrogens (tertiary/aromatic N) is 2. The fourth-order valence-corrected chi connectivity index (χ4v) is 3.93. The molecule has 2 heterocycles. The van der Waals surface area contributed by atoms with E-state index in [4.69, 9.17) is 0 Å². The molecule has 7 heteroatoms. The zero-order valence-electron chi connectivity index (χ0n) is 14.2. The first kappa shape index (κ1) is 17.1. The minimum absolute atomic E-state index is 0.268. The fourth-order valence-electron chi connectivity index (χ4n) is 3.00. The van der Waals surface area contributed by atoms with Crippen molar-refractivity contribution >= 4 is 11.8 Å². The highest BCUT2D eigenvalue weighted by Crippen LogP contribution is 2.32. The maximum Gasteiger partial charge on any atom is 0.115 e. The third-order valence-corrected chi connectivity index (χ3v) is 5.39. The van der Waals surface area contributed by atoms with Gasteiger partial charge in [-0.25, -0.2) is 15.8 Å². The summed E-state index contributed by atoms with van der Waals surface area (Å²) in [6.07, 6.45) is 1.91. The monoisotopic (exact) mass is 367 g/mol. The van der Waals surface area contributed by atoms with Gasteiger partial charge in [-0.05, 0) is 24.3 Å². The van der Waals surface area contributed by atoms with Crippen molar-refractivity contribution in [2.24, 2.45) is 0 Å². The van der Waals surface area contributed by atoms with Crippen molar-refractivity contribution in [3.63, 3.8) is 0 Å². The van der Waals surface area contributed by atoms with E-state index in [1.807, 2.05) is 48.4 Å². The molecule has 2 aromatic carbocycles. The van der Waals surface area contributed by atoms with Crippen LogP contribution in [0.2, 0.25) is 0 Å². The lowest BCUT2D eigenvalue weighted by Gasteiger charge is -2.12. The Labute approximate surface area is 156 Å². The van der Waals surface area contributed by atoms with Gasteiger partial charge in [0, 0.05) is 30.0 Å². The van der Waals surface area contributed by atoms with E-state index in [0.29, 0.717) is 5.37 Å². The molecular formula is C19H21N5OS. The summed E-state index contributed by atoms with van der Waals surface area (Å²) in [5.74, 6) is 1.24. The zero-order valence-corrected chi connectivity index (χ0v) is 15.0. The Hall–Kier alpha value is -2.32. The largest absolute Gasteiger partial charge is 0.508 e. The highest BCUT2D eigenvalue weighted by molar-refractivity contribution is 7.99. The molecule has 0 radical (unpaired) electrons. The van der Waals surface area contributed by atoms with Crippen molar-refractivity contribution in [3.8, 4) is 28.3 Å². The van der Waals surface area contributed by atoms with Gasteiger partial charge in [0.1, 0.15) is 5.75 Å². The smallest absolute Gasteiger partial charge is 0.115 e. The molecule has 1 aromatic heterocycles. The van der Waals surface area contributed by atoms with E-state index >= 15 is 0 Å². The summed E-state index contributed by atoms with van der Waals surface area (Å²) in [6, 6.07) is 17.5. The van der Waals surface area contributed by atoms with Crippen molar-refractivity contribution < 1.29 is 5.11 Å². The second-order valence-corrected chi connectivity index (χ2v) is 7.37. The number of phenolic OH excluding ortho intramolecular Hbond substituents is 1. The molecule has 0 amide bonds.